The molecule has 1 aromatic rings. The molecule has 0 amide bonds. The van der Waals surface area contributed by atoms with E-state index in [1.54, 1.807) is 0 Å². The van der Waals surface area contributed by atoms with E-state index in [9.17, 15) is 9.50 Å². The molecular formula is C11H12BrFO2. The molecule has 0 aromatic heterocycles. The lowest BCUT2D eigenvalue weighted by Gasteiger charge is -2.36. The SMILES string of the molecule is CC1(C)CC(O)c2cc(F)cc(Br)c2O1. The van der Waals surface area contributed by atoms with Crippen molar-refractivity contribution in [1.82, 2.24) is 0 Å². The Kier molecular flexibility index (Phi) is 2.51. The molecule has 1 aliphatic heterocycles. The fraction of sp³-hybridized carbons (Fsp3) is 0.455. The van der Waals surface area contributed by atoms with Crippen LogP contribution in [0.5, 0.6) is 5.75 Å². The molecule has 0 aliphatic carbocycles. The van der Waals surface area contributed by atoms with Crippen molar-refractivity contribution in [3.63, 3.8) is 0 Å². The van der Waals surface area contributed by atoms with E-state index >= 15 is 0 Å². The van der Waals surface area contributed by atoms with Crippen LogP contribution in [0.1, 0.15) is 31.9 Å². The highest BCUT2D eigenvalue weighted by Gasteiger charge is 2.34. The van der Waals surface area contributed by atoms with Gasteiger partial charge in [0.1, 0.15) is 17.2 Å². The lowest BCUT2D eigenvalue weighted by atomic mass is 9.92. The molecule has 2 nitrogen and oxygen atoms in total. The molecule has 0 fully saturated rings. The van der Waals surface area contributed by atoms with Gasteiger partial charge in [0.25, 0.3) is 0 Å². The van der Waals surface area contributed by atoms with E-state index in [1.807, 2.05) is 13.8 Å². The van der Waals surface area contributed by atoms with Gasteiger partial charge in [0.05, 0.1) is 10.6 Å². The van der Waals surface area contributed by atoms with Crippen LogP contribution in [0.2, 0.25) is 0 Å². The van der Waals surface area contributed by atoms with E-state index in [0.29, 0.717) is 22.2 Å². The third-order valence-electron chi connectivity index (χ3n) is 2.46. The highest BCUT2D eigenvalue weighted by molar-refractivity contribution is 9.10. The molecule has 82 valence electrons. The summed E-state index contributed by atoms with van der Waals surface area (Å²) in [4.78, 5) is 0. The van der Waals surface area contributed by atoms with Gasteiger partial charge in [-0.05, 0) is 41.9 Å². The second-order valence-electron chi connectivity index (χ2n) is 4.39. The normalized spacial score (nSPS) is 23.1. The van der Waals surface area contributed by atoms with Crippen LogP contribution in [0.4, 0.5) is 4.39 Å². The smallest absolute Gasteiger partial charge is 0.140 e. The highest BCUT2D eigenvalue weighted by atomic mass is 79.9. The Labute approximate surface area is 96.2 Å². The molecule has 2 rings (SSSR count). The lowest BCUT2D eigenvalue weighted by molar-refractivity contribution is 0.0105. The van der Waals surface area contributed by atoms with Gasteiger partial charge < -0.3 is 9.84 Å². The first kappa shape index (κ1) is 10.9. The number of aliphatic hydroxyl groups is 1. The van der Waals surface area contributed by atoms with Gasteiger partial charge in [-0.3, -0.25) is 0 Å². The van der Waals surface area contributed by atoms with Crippen molar-refractivity contribution in [3.8, 4) is 5.75 Å². The fourth-order valence-electron chi connectivity index (χ4n) is 1.83. The van der Waals surface area contributed by atoms with Crippen molar-refractivity contribution in [2.24, 2.45) is 0 Å². The third kappa shape index (κ3) is 2.01. The predicted molar refractivity (Wildman–Crippen MR) is 58.4 cm³/mol. The van der Waals surface area contributed by atoms with Gasteiger partial charge in [0.2, 0.25) is 0 Å². The molecule has 1 heterocycles. The van der Waals surface area contributed by atoms with E-state index in [-0.39, 0.29) is 5.82 Å². The Bertz CT molecular complexity index is 404. The van der Waals surface area contributed by atoms with Gasteiger partial charge in [-0.1, -0.05) is 0 Å². The van der Waals surface area contributed by atoms with Gasteiger partial charge in [0.15, 0.2) is 0 Å². The minimum atomic E-state index is -0.671. The fourth-order valence-corrected chi connectivity index (χ4v) is 2.36. The van der Waals surface area contributed by atoms with Gasteiger partial charge in [0, 0.05) is 12.0 Å². The second-order valence-corrected chi connectivity index (χ2v) is 5.24. The molecule has 0 radical (unpaired) electrons. The largest absolute Gasteiger partial charge is 0.486 e. The zero-order chi connectivity index (χ0) is 11.2. The van der Waals surface area contributed by atoms with E-state index in [0.717, 1.165) is 0 Å². The van der Waals surface area contributed by atoms with Crippen molar-refractivity contribution in [2.75, 3.05) is 0 Å². The van der Waals surface area contributed by atoms with Gasteiger partial charge in [-0.15, -0.1) is 0 Å². The first-order chi connectivity index (χ1) is 6.89. The van der Waals surface area contributed by atoms with E-state index in [4.69, 9.17) is 4.74 Å². The number of aliphatic hydroxyl groups excluding tert-OH is 1. The van der Waals surface area contributed by atoms with Crippen molar-refractivity contribution < 1.29 is 14.2 Å². The molecule has 0 saturated heterocycles. The summed E-state index contributed by atoms with van der Waals surface area (Å²) in [5, 5.41) is 9.88. The molecule has 1 unspecified atom stereocenters. The summed E-state index contributed by atoms with van der Waals surface area (Å²) in [6.45, 7) is 3.80. The van der Waals surface area contributed by atoms with Crippen LogP contribution in [0.15, 0.2) is 16.6 Å². The summed E-state index contributed by atoms with van der Waals surface area (Å²) in [6.07, 6.45) is -0.202. The molecule has 1 atom stereocenters. The predicted octanol–water partition coefficient (Wildman–Crippen LogP) is 3.18. The minimum Gasteiger partial charge on any atom is -0.486 e. The van der Waals surface area contributed by atoms with E-state index in [1.165, 1.54) is 12.1 Å². The average Bonchev–Trinajstić information content (AvgIpc) is 2.06. The first-order valence-electron chi connectivity index (χ1n) is 4.75. The summed E-state index contributed by atoms with van der Waals surface area (Å²) >= 11 is 3.24. The number of ether oxygens (including phenoxy) is 1. The molecule has 1 aliphatic rings. The third-order valence-corrected chi connectivity index (χ3v) is 3.05. The molecular weight excluding hydrogens is 263 g/mol. The van der Waals surface area contributed by atoms with Crippen LogP contribution in [0.3, 0.4) is 0 Å². The number of hydrogen-bond donors (Lipinski definition) is 1. The van der Waals surface area contributed by atoms with Crippen LogP contribution in [0.25, 0.3) is 0 Å². The molecule has 1 aromatic carbocycles. The molecule has 1 N–H and O–H groups in total. The van der Waals surface area contributed by atoms with Crippen LogP contribution in [0, 0.1) is 5.82 Å². The standard InChI is InChI=1S/C11H12BrFO2/c1-11(2)5-9(14)7-3-6(13)4-8(12)10(7)15-11/h3-4,9,14H,5H2,1-2H3. The number of hydrogen-bond acceptors (Lipinski definition) is 2. The maximum absolute atomic E-state index is 13.1. The number of halogens is 2. The van der Waals surface area contributed by atoms with Gasteiger partial charge in [-0.2, -0.15) is 0 Å². The minimum absolute atomic E-state index is 0.372. The van der Waals surface area contributed by atoms with Crippen molar-refractivity contribution in [1.29, 1.82) is 0 Å². The van der Waals surface area contributed by atoms with Crippen LogP contribution in [-0.2, 0) is 0 Å². The second kappa shape index (κ2) is 3.46. The Morgan fingerprint density at radius 2 is 2.20 bits per heavy atom. The van der Waals surface area contributed by atoms with Crippen LogP contribution < -0.4 is 4.74 Å². The van der Waals surface area contributed by atoms with Crippen molar-refractivity contribution >= 4 is 15.9 Å². The lowest BCUT2D eigenvalue weighted by Crippen LogP contribution is -2.35. The average molecular weight is 275 g/mol. The Balaban J connectivity index is 2.55. The number of fused-ring (bicyclic) bond motifs is 1. The van der Waals surface area contributed by atoms with Crippen molar-refractivity contribution in [3.05, 3.63) is 28.0 Å². The highest BCUT2D eigenvalue weighted by Crippen LogP contribution is 2.43. The number of benzene rings is 1. The quantitative estimate of drug-likeness (QED) is 0.788. The molecule has 0 bridgehead atoms. The van der Waals surface area contributed by atoms with Crippen molar-refractivity contribution in [2.45, 2.75) is 32.0 Å². The zero-order valence-corrected chi connectivity index (χ0v) is 10.1. The summed E-state index contributed by atoms with van der Waals surface area (Å²) in [6, 6.07) is 2.66. The topological polar surface area (TPSA) is 29.5 Å². The summed E-state index contributed by atoms with van der Waals surface area (Å²) in [5.41, 5.74) is 0.0912. The Morgan fingerprint density at radius 3 is 2.87 bits per heavy atom. The van der Waals surface area contributed by atoms with E-state index in [2.05, 4.69) is 15.9 Å². The maximum Gasteiger partial charge on any atom is 0.140 e. The monoisotopic (exact) mass is 274 g/mol. The van der Waals surface area contributed by atoms with Gasteiger partial charge in [-0.25, -0.2) is 4.39 Å². The summed E-state index contributed by atoms with van der Waals surface area (Å²) in [7, 11) is 0. The molecule has 4 heteroatoms. The Hall–Kier alpha value is -0.610. The van der Waals surface area contributed by atoms with E-state index < -0.39 is 11.7 Å². The first-order valence-corrected chi connectivity index (χ1v) is 5.54. The zero-order valence-electron chi connectivity index (χ0n) is 8.55. The maximum atomic E-state index is 13.1. The summed E-state index contributed by atoms with van der Waals surface area (Å²) < 4.78 is 19.4. The summed E-state index contributed by atoms with van der Waals surface area (Å²) in [5.74, 6) is 0.170. The van der Waals surface area contributed by atoms with Gasteiger partial charge >= 0.3 is 0 Å². The molecule has 0 spiro atoms. The molecule has 0 saturated carbocycles. The van der Waals surface area contributed by atoms with Crippen LogP contribution in [-0.4, -0.2) is 10.7 Å². The number of rotatable bonds is 0. The Morgan fingerprint density at radius 1 is 1.53 bits per heavy atom. The molecule has 15 heavy (non-hydrogen) atoms. The van der Waals surface area contributed by atoms with Crippen LogP contribution >= 0.6 is 15.9 Å².